The van der Waals surface area contributed by atoms with Crippen LogP contribution in [0.3, 0.4) is 0 Å². The summed E-state index contributed by atoms with van der Waals surface area (Å²) < 4.78 is 11.9. The first-order valence-electron chi connectivity index (χ1n) is 10.5. The van der Waals surface area contributed by atoms with Gasteiger partial charge in [-0.1, -0.05) is 0 Å². The molecule has 0 spiro atoms. The van der Waals surface area contributed by atoms with Gasteiger partial charge in [-0.3, -0.25) is 9.59 Å². The number of ether oxygens (including phenoxy) is 2. The summed E-state index contributed by atoms with van der Waals surface area (Å²) in [5, 5.41) is 8.97. The smallest absolute Gasteiger partial charge is 0.245 e. The van der Waals surface area contributed by atoms with Crippen molar-refractivity contribution in [3.8, 4) is 0 Å². The number of amides is 2. The second-order valence-electron chi connectivity index (χ2n) is 8.56. The van der Waals surface area contributed by atoms with Crippen LogP contribution in [0.1, 0.15) is 51.9 Å². The Labute approximate surface area is 162 Å². The lowest BCUT2D eigenvalue weighted by atomic mass is 9.72. The Balaban J connectivity index is 1.43. The standard InChI is InChI=1S/C20H35N3O4/c1-15(26-12-20-7-2-17(3-8-20)27-13-20)18(23-14-24)19(25)22-11-6-16-4-9-21-10-5-16/h14-18,21H,2-13H2,1H3,(H,22,25)(H,23,24). The van der Waals surface area contributed by atoms with Crippen LogP contribution in [0.2, 0.25) is 0 Å². The minimum absolute atomic E-state index is 0.0836. The zero-order chi connectivity index (χ0) is 19.1. The van der Waals surface area contributed by atoms with Crippen LogP contribution in [0.25, 0.3) is 0 Å². The third kappa shape index (κ3) is 5.65. The van der Waals surface area contributed by atoms with Gasteiger partial charge in [0.25, 0.3) is 0 Å². The second-order valence-corrected chi connectivity index (χ2v) is 8.56. The Hall–Kier alpha value is -1.18. The molecular weight excluding hydrogens is 346 g/mol. The predicted octanol–water partition coefficient (Wildman–Crippen LogP) is 0.971. The van der Waals surface area contributed by atoms with E-state index in [0.29, 0.717) is 31.6 Å². The molecule has 1 saturated carbocycles. The van der Waals surface area contributed by atoms with E-state index in [4.69, 9.17) is 9.47 Å². The molecule has 27 heavy (non-hydrogen) atoms. The van der Waals surface area contributed by atoms with E-state index in [9.17, 15) is 9.59 Å². The van der Waals surface area contributed by atoms with E-state index < -0.39 is 6.04 Å². The quantitative estimate of drug-likeness (QED) is 0.491. The van der Waals surface area contributed by atoms with Crippen molar-refractivity contribution in [1.29, 1.82) is 0 Å². The highest BCUT2D eigenvalue weighted by molar-refractivity contribution is 5.84. The summed E-state index contributed by atoms with van der Waals surface area (Å²) in [4.78, 5) is 23.6. The molecule has 0 aromatic heterocycles. The van der Waals surface area contributed by atoms with Crippen LogP contribution < -0.4 is 16.0 Å². The van der Waals surface area contributed by atoms with Gasteiger partial charge >= 0.3 is 0 Å². The van der Waals surface area contributed by atoms with Gasteiger partial charge in [-0.05, 0) is 70.9 Å². The summed E-state index contributed by atoms with van der Waals surface area (Å²) in [5.74, 6) is 0.503. The topological polar surface area (TPSA) is 88.7 Å². The molecule has 0 radical (unpaired) electrons. The lowest BCUT2D eigenvalue weighted by molar-refractivity contribution is -0.154. The average molecular weight is 382 g/mol. The number of nitrogens with one attached hydrogen (secondary N) is 3. The molecule has 7 nitrogen and oxygen atoms in total. The largest absolute Gasteiger partial charge is 0.378 e. The summed E-state index contributed by atoms with van der Waals surface area (Å²) in [7, 11) is 0. The Morgan fingerprint density at radius 3 is 2.67 bits per heavy atom. The highest BCUT2D eigenvalue weighted by atomic mass is 16.5. The first-order valence-corrected chi connectivity index (χ1v) is 10.5. The van der Waals surface area contributed by atoms with Gasteiger partial charge in [0.2, 0.25) is 12.3 Å². The molecule has 3 aliphatic heterocycles. The number of piperidine rings is 1. The summed E-state index contributed by atoms with van der Waals surface area (Å²) in [6, 6.07) is -0.659. The molecule has 2 amide bonds. The van der Waals surface area contributed by atoms with Crippen LogP contribution in [0.5, 0.6) is 0 Å². The first kappa shape index (κ1) is 20.6. The first-order chi connectivity index (χ1) is 13.1. The van der Waals surface area contributed by atoms with E-state index in [1.54, 1.807) is 0 Å². The fourth-order valence-corrected chi connectivity index (χ4v) is 4.58. The van der Waals surface area contributed by atoms with E-state index in [1.165, 1.54) is 0 Å². The van der Waals surface area contributed by atoms with Gasteiger partial charge in [0.1, 0.15) is 6.04 Å². The minimum atomic E-state index is -0.659. The van der Waals surface area contributed by atoms with Crippen LogP contribution in [0.15, 0.2) is 0 Å². The lowest BCUT2D eigenvalue weighted by Gasteiger charge is -2.46. The van der Waals surface area contributed by atoms with E-state index in [-0.39, 0.29) is 17.4 Å². The zero-order valence-corrected chi connectivity index (χ0v) is 16.5. The number of carbonyl (C=O) groups excluding carboxylic acids is 2. The van der Waals surface area contributed by atoms with Gasteiger partial charge in [-0.15, -0.1) is 0 Å². The molecule has 0 aromatic carbocycles. The zero-order valence-electron chi connectivity index (χ0n) is 16.5. The molecule has 2 unspecified atom stereocenters. The number of rotatable bonds is 10. The number of carbonyl (C=O) groups is 2. The van der Waals surface area contributed by atoms with E-state index in [1.807, 2.05) is 6.92 Å². The second kappa shape index (κ2) is 9.85. The van der Waals surface area contributed by atoms with Crippen molar-refractivity contribution in [3.05, 3.63) is 0 Å². The van der Waals surface area contributed by atoms with Crippen LogP contribution in [0.4, 0.5) is 0 Å². The van der Waals surface area contributed by atoms with Gasteiger partial charge in [0.15, 0.2) is 0 Å². The fraction of sp³-hybridized carbons (Fsp3) is 0.900. The molecule has 2 atom stereocenters. The Morgan fingerprint density at radius 1 is 1.30 bits per heavy atom. The van der Waals surface area contributed by atoms with Crippen molar-refractivity contribution in [2.75, 3.05) is 32.8 Å². The fourth-order valence-electron chi connectivity index (χ4n) is 4.58. The summed E-state index contributed by atoms with van der Waals surface area (Å²) in [5.41, 5.74) is 0.0836. The lowest BCUT2D eigenvalue weighted by Crippen LogP contribution is -2.52. The monoisotopic (exact) mass is 381 g/mol. The van der Waals surface area contributed by atoms with E-state index in [0.717, 1.165) is 64.6 Å². The van der Waals surface area contributed by atoms with Gasteiger partial charge in [-0.2, -0.15) is 0 Å². The maximum Gasteiger partial charge on any atom is 0.245 e. The van der Waals surface area contributed by atoms with Crippen molar-refractivity contribution in [2.24, 2.45) is 11.3 Å². The van der Waals surface area contributed by atoms with Crippen molar-refractivity contribution in [2.45, 2.75) is 70.1 Å². The molecule has 0 aromatic rings. The van der Waals surface area contributed by atoms with Crippen LogP contribution in [0, 0.1) is 11.3 Å². The van der Waals surface area contributed by atoms with Crippen LogP contribution >= 0.6 is 0 Å². The van der Waals surface area contributed by atoms with Gasteiger partial charge in [0, 0.05) is 12.0 Å². The Morgan fingerprint density at radius 2 is 2.04 bits per heavy atom. The summed E-state index contributed by atoms with van der Waals surface area (Å²) in [6.45, 7) is 5.96. The molecule has 3 heterocycles. The van der Waals surface area contributed by atoms with Gasteiger partial charge in [0.05, 0.1) is 25.4 Å². The van der Waals surface area contributed by atoms with Gasteiger partial charge < -0.3 is 25.4 Å². The number of hydrogen-bond acceptors (Lipinski definition) is 5. The van der Waals surface area contributed by atoms with Crippen molar-refractivity contribution >= 4 is 12.3 Å². The maximum atomic E-state index is 12.6. The molecule has 7 heteroatoms. The molecule has 154 valence electrons. The van der Waals surface area contributed by atoms with E-state index in [2.05, 4.69) is 16.0 Å². The SMILES string of the molecule is CC(OCC12CCC(CC1)OC2)C(NC=O)C(=O)NCCC1CCNCC1. The van der Waals surface area contributed by atoms with Gasteiger partial charge in [-0.25, -0.2) is 0 Å². The molecule has 3 N–H and O–H groups in total. The maximum absolute atomic E-state index is 12.6. The molecule has 4 rings (SSSR count). The van der Waals surface area contributed by atoms with E-state index >= 15 is 0 Å². The predicted molar refractivity (Wildman–Crippen MR) is 102 cm³/mol. The Bertz CT molecular complexity index is 474. The minimum Gasteiger partial charge on any atom is -0.378 e. The summed E-state index contributed by atoms with van der Waals surface area (Å²) in [6.07, 6.45) is 8.41. The summed E-state index contributed by atoms with van der Waals surface area (Å²) >= 11 is 0. The number of fused-ring (bicyclic) bond motifs is 3. The highest BCUT2D eigenvalue weighted by Gasteiger charge is 2.42. The molecule has 4 fully saturated rings. The van der Waals surface area contributed by atoms with Crippen LogP contribution in [-0.2, 0) is 19.1 Å². The molecular formula is C20H35N3O4. The number of hydrogen-bond donors (Lipinski definition) is 3. The third-order valence-electron chi connectivity index (χ3n) is 6.58. The van der Waals surface area contributed by atoms with Crippen LogP contribution in [-0.4, -0.2) is 63.4 Å². The highest BCUT2D eigenvalue weighted by Crippen LogP contribution is 2.43. The normalized spacial score (nSPS) is 30.5. The molecule has 3 saturated heterocycles. The average Bonchev–Trinajstić information content (AvgIpc) is 2.72. The molecule has 4 aliphatic rings. The molecule has 1 aliphatic carbocycles. The van der Waals surface area contributed by atoms with Crippen molar-refractivity contribution < 1.29 is 19.1 Å². The van der Waals surface area contributed by atoms with Crippen molar-refractivity contribution in [3.63, 3.8) is 0 Å². The van der Waals surface area contributed by atoms with Crippen molar-refractivity contribution in [1.82, 2.24) is 16.0 Å². The third-order valence-corrected chi connectivity index (χ3v) is 6.58. The molecule has 2 bridgehead atoms. The Kier molecular flexibility index (Phi) is 7.49.